The molecule has 0 N–H and O–H groups in total. The fourth-order valence-corrected chi connectivity index (χ4v) is 2.51. The molecule has 114 valence electrons. The summed E-state index contributed by atoms with van der Waals surface area (Å²) in [5.41, 5.74) is 0.783. The Kier molecular flexibility index (Phi) is 4.20. The van der Waals surface area contributed by atoms with Crippen LogP contribution in [0.2, 0.25) is 5.02 Å². The Hall–Kier alpha value is -2.20. The number of carbonyl (C=O) groups excluding carboxylic acids is 1. The van der Waals surface area contributed by atoms with Gasteiger partial charge < -0.3 is 14.4 Å². The van der Waals surface area contributed by atoms with E-state index in [-0.39, 0.29) is 18.6 Å². The van der Waals surface area contributed by atoms with E-state index < -0.39 is 0 Å². The van der Waals surface area contributed by atoms with Crippen LogP contribution in [0.1, 0.15) is 6.92 Å². The van der Waals surface area contributed by atoms with Crippen LogP contribution in [0, 0.1) is 0 Å². The van der Waals surface area contributed by atoms with E-state index in [1.165, 1.54) is 0 Å². The SMILES string of the molecule is CC1CN(C(=O)COc2ccc(Cl)cc2)c2ccccc2O1. The monoisotopic (exact) mass is 317 g/mol. The first-order chi connectivity index (χ1) is 10.6. The summed E-state index contributed by atoms with van der Waals surface area (Å²) in [5, 5.41) is 0.634. The second kappa shape index (κ2) is 6.28. The highest BCUT2D eigenvalue weighted by molar-refractivity contribution is 6.30. The first kappa shape index (κ1) is 14.7. The second-order valence-corrected chi connectivity index (χ2v) is 5.58. The molecule has 2 aromatic rings. The van der Waals surface area contributed by atoms with Crippen molar-refractivity contribution >= 4 is 23.2 Å². The van der Waals surface area contributed by atoms with E-state index in [0.717, 1.165) is 11.4 Å². The molecule has 0 aliphatic carbocycles. The summed E-state index contributed by atoms with van der Waals surface area (Å²) in [4.78, 5) is 14.2. The van der Waals surface area contributed by atoms with Crippen molar-refractivity contribution in [1.82, 2.24) is 0 Å². The second-order valence-electron chi connectivity index (χ2n) is 5.14. The van der Waals surface area contributed by atoms with Crippen LogP contribution >= 0.6 is 11.6 Å². The van der Waals surface area contributed by atoms with Gasteiger partial charge in [-0.1, -0.05) is 23.7 Å². The highest BCUT2D eigenvalue weighted by atomic mass is 35.5. The largest absolute Gasteiger partial charge is 0.487 e. The van der Waals surface area contributed by atoms with Gasteiger partial charge in [0.25, 0.3) is 5.91 Å². The average Bonchev–Trinajstić information content (AvgIpc) is 2.53. The van der Waals surface area contributed by atoms with Gasteiger partial charge in [-0.3, -0.25) is 4.79 Å². The summed E-state index contributed by atoms with van der Waals surface area (Å²) in [7, 11) is 0. The fraction of sp³-hybridized carbons (Fsp3) is 0.235. The number of fused-ring (bicyclic) bond motifs is 1. The maximum Gasteiger partial charge on any atom is 0.265 e. The first-order valence-electron chi connectivity index (χ1n) is 7.08. The maximum absolute atomic E-state index is 12.5. The third-order valence-corrected chi connectivity index (χ3v) is 3.65. The van der Waals surface area contributed by atoms with Crippen LogP contribution in [0.15, 0.2) is 48.5 Å². The van der Waals surface area contributed by atoms with E-state index in [4.69, 9.17) is 21.1 Å². The number of para-hydroxylation sites is 2. The lowest BCUT2D eigenvalue weighted by molar-refractivity contribution is -0.121. The van der Waals surface area contributed by atoms with Gasteiger partial charge in [0.1, 0.15) is 17.6 Å². The van der Waals surface area contributed by atoms with Gasteiger partial charge in [0.05, 0.1) is 12.2 Å². The molecule has 5 heteroatoms. The quantitative estimate of drug-likeness (QED) is 0.869. The van der Waals surface area contributed by atoms with Crippen molar-refractivity contribution in [2.75, 3.05) is 18.1 Å². The van der Waals surface area contributed by atoms with Gasteiger partial charge in [-0.2, -0.15) is 0 Å². The summed E-state index contributed by atoms with van der Waals surface area (Å²) in [6.45, 7) is 2.43. The van der Waals surface area contributed by atoms with Crippen LogP contribution in [0.25, 0.3) is 0 Å². The topological polar surface area (TPSA) is 38.8 Å². The van der Waals surface area contributed by atoms with Crippen LogP contribution in [0.4, 0.5) is 5.69 Å². The molecule has 1 aliphatic rings. The minimum Gasteiger partial charge on any atom is -0.487 e. The zero-order chi connectivity index (χ0) is 15.5. The molecule has 0 saturated heterocycles. The van der Waals surface area contributed by atoms with E-state index in [0.29, 0.717) is 17.3 Å². The number of halogens is 1. The van der Waals surface area contributed by atoms with Gasteiger partial charge in [-0.15, -0.1) is 0 Å². The van der Waals surface area contributed by atoms with Crippen molar-refractivity contribution in [2.45, 2.75) is 13.0 Å². The summed E-state index contributed by atoms with van der Waals surface area (Å²) >= 11 is 5.82. The number of benzene rings is 2. The number of hydrogen-bond acceptors (Lipinski definition) is 3. The van der Waals surface area contributed by atoms with Crippen LogP contribution in [0.5, 0.6) is 11.5 Å². The lowest BCUT2D eigenvalue weighted by Crippen LogP contribution is -2.44. The molecule has 2 aromatic carbocycles. The van der Waals surface area contributed by atoms with Crippen molar-refractivity contribution in [2.24, 2.45) is 0 Å². The van der Waals surface area contributed by atoms with Crippen molar-refractivity contribution < 1.29 is 14.3 Å². The Morgan fingerprint density at radius 1 is 1.27 bits per heavy atom. The number of carbonyl (C=O) groups is 1. The van der Waals surface area contributed by atoms with E-state index in [9.17, 15) is 4.79 Å². The Morgan fingerprint density at radius 3 is 2.77 bits per heavy atom. The van der Waals surface area contributed by atoms with E-state index in [2.05, 4.69) is 0 Å². The minimum atomic E-state index is -0.0995. The van der Waals surface area contributed by atoms with Crippen molar-refractivity contribution in [3.8, 4) is 11.5 Å². The number of nitrogens with zero attached hydrogens (tertiary/aromatic N) is 1. The molecule has 0 bridgehead atoms. The first-order valence-corrected chi connectivity index (χ1v) is 7.46. The highest BCUT2D eigenvalue weighted by Gasteiger charge is 2.27. The van der Waals surface area contributed by atoms with E-state index in [1.807, 2.05) is 31.2 Å². The molecule has 1 atom stereocenters. The third kappa shape index (κ3) is 3.17. The predicted octanol–water partition coefficient (Wildman–Crippen LogP) is 3.53. The Labute approximate surface area is 134 Å². The van der Waals surface area contributed by atoms with Crippen LogP contribution < -0.4 is 14.4 Å². The fourth-order valence-electron chi connectivity index (χ4n) is 2.38. The Morgan fingerprint density at radius 2 is 2.00 bits per heavy atom. The molecule has 1 unspecified atom stereocenters. The Balaban J connectivity index is 1.71. The molecule has 3 rings (SSSR count). The van der Waals surface area contributed by atoms with E-state index in [1.54, 1.807) is 29.2 Å². The van der Waals surface area contributed by atoms with Crippen LogP contribution in [0.3, 0.4) is 0 Å². The number of rotatable bonds is 3. The zero-order valence-electron chi connectivity index (χ0n) is 12.2. The molecular weight excluding hydrogens is 302 g/mol. The third-order valence-electron chi connectivity index (χ3n) is 3.40. The number of amides is 1. The Bertz CT molecular complexity index is 672. The van der Waals surface area contributed by atoms with Crippen molar-refractivity contribution in [3.05, 3.63) is 53.6 Å². The van der Waals surface area contributed by atoms with Gasteiger partial charge in [0.15, 0.2) is 6.61 Å². The number of anilines is 1. The minimum absolute atomic E-state index is 0.0251. The maximum atomic E-state index is 12.5. The zero-order valence-corrected chi connectivity index (χ0v) is 12.9. The summed E-state index contributed by atoms with van der Waals surface area (Å²) in [5.74, 6) is 1.24. The number of hydrogen-bond donors (Lipinski definition) is 0. The summed E-state index contributed by atoms with van der Waals surface area (Å²) in [6.07, 6.45) is -0.0469. The predicted molar refractivity (Wildman–Crippen MR) is 85.8 cm³/mol. The van der Waals surface area contributed by atoms with Gasteiger partial charge in [-0.25, -0.2) is 0 Å². The van der Waals surface area contributed by atoms with Gasteiger partial charge in [-0.05, 0) is 43.3 Å². The molecule has 0 fully saturated rings. The van der Waals surface area contributed by atoms with Crippen LogP contribution in [-0.2, 0) is 4.79 Å². The van der Waals surface area contributed by atoms with Gasteiger partial charge >= 0.3 is 0 Å². The standard InChI is InChI=1S/C17H16ClNO3/c1-12-10-19(15-4-2-3-5-16(15)22-12)17(20)11-21-14-8-6-13(18)7-9-14/h2-9,12H,10-11H2,1H3. The van der Waals surface area contributed by atoms with Gasteiger partial charge in [0, 0.05) is 5.02 Å². The number of ether oxygens (including phenoxy) is 2. The van der Waals surface area contributed by atoms with Crippen molar-refractivity contribution in [3.63, 3.8) is 0 Å². The molecule has 4 nitrogen and oxygen atoms in total. The molecule has 0 spiro atoms. The normalized spacial score (nSPS) is 16.6. The van der Waals surface area contributed by atoms with E-state index >= 15 is 0 Å². The lowest BCUT2D eigenvalue weighted by Gasteiger charge is -2.33. The molecular formula is C17H16ClNO3. The summed E-state index contributed by atoms with van der Waals surface area (Å²) in [6, 6.07) is 14.5. The molecule has 22 heavy (non-hydrogen) atoms. The van der Waals surface area contributed by atoms with Crippen molar-refractivity contribution in [1.29, 1.82) is 0 Å². The summed E-state index contributed by atoms with van der Waals surface area (Å²) < 4.78 is 11.3. The average molecular weight is 318 g/mol. The van der Waals surface area contributed by atoms with Crippen LogP contribution in [-0.4, -0.2) is 25.2 Å². The molecule has 0 aromatic heterocycles. The van der Waals surface area contributed by atoms with Gasteiger partial charge in [0.2, 0.25) is 0 Å². The molecule has 1 amide bonds. The molecule has 1 aliphatic heterocycles. The lowest BCUT2D eigenvalue weighted by atomic mass is 10.2. The highest BCUT2D eigenvalue weighted by Crippen LogP contribution is 2.33. The smallest absolute Gasteiger partial charge is 0.265 e. The molecule has 0 radical (unpaired) electrons. The molecule has 1 heterocycles. The molecule has 0 saturated carbocycles.